The van der Waals surface area contributed by atoms with E-state index in [2.05, 4.69) is 17.2 Å². The molecule has 5 heteroatoms. The molecule has 1 aromatic heterocycles. The summed E-state index contributed by atoms with van der Waals surface area (Å²) >= 11 is 0. The molecule has 1 amide bonds. The highest BCUT2D eigenvalue weighted by Gasteiger charge is 2.14. The average Bonchev–Trinajstić information content (AvgIpc) is 2.99. The minimum atomic E-state index is -0.0898. The van der Waals surface area contributed by atoms with Crippen LogP contribution in [0.4, 0.5) is 5.69 Å². The molecule has 136 valence electrons. The number of carbonyl (C=O) groups is 1. The van der Waals surface area contributed by atoms with Gasteiger partial charge in [0.1, 0.15) is 18.1 Å². The Morgan fingerprint density at radius 3 is 2.77 bits per heavy atom. The monoisotopic (exact) mass is 351 g/mol. The first kappa shape index (κ1) is 18.0. The Balaban J connectivity index is 1.82. The third-order valence-corrected chi connectivity index (χ3v) is 4.22. The lowest BCUT2D eigenvalue weighted by molar-refractivity contribution is -0.116. The van der Waals surface area contributed by atoms with Gasteiger partial charge < -0.3 is 14.6 Å². The van der Waals surface area contributed by atoms with E-state index in [4.69, 9.17) is 4.74 Å². The molecule has 2 aromatic carbocycles. The van der Waals surface area contributed by atoms with Crippen LogP contribution in [0.5, 0.6) is 5.75 Å². The summed E-state index contributed by atoms with van der Waals surface area (Å²) in [5, 5.41) is 2.99. The second-order valence-corrected chi connectivity index (χ2v) is 6.35. The number of para-hydroxylation sites is 2. The molecule has 26 heavy (non-hydrogen) atoms. The summed E-state index contributed by atoms with van der Waals surface area (Å²) in [5.41, 5.74) is 3.70. The largest absolute Gasteiger partial charge is 0.491 e. The van der Waals surface area contributed by atoms with Gasteiger partial charge >= 0.3 is 0 Å². The number of nitrogens with zero attached hydrogens (tertiary/aromatic N) is 2. The van der Waals surface area contributed by atoms with Crippen LogP contribution in [-0.4, -0.2) is 22.1 Å². The lowest BCUT2D eigenvalue weighted by Gasteiger charge is -2.14. The highest BCUT2D eigenvalue weighted by Crippen LogP contribution is 2.26. The van der Waals surface area contributed by atoms with Crippen LogP contribution in [0.1, 0.15) is 31.7 Å². The number of hydrogen-bond acceptors (Lipinski definition) is 3. The van der Waals surface area contributed by atoms with E-state index in [1.165, 1.54) is 0 Å². The molecule has 0 aliphatic heterocycles. The zero-order valence-corrected chi connectivity index (χ0v) is 15.6. The molecular formula is C21H25N3O2. The predicted molar refractivity (Wildman–Crippen MR) is 105 cm³/mol. The molecule has 3 aromatic rings. The summed E-state index contributed by atoms with van der Waals surface area (Å²) in [4.78, 5) is 17.3. The van der Waals surface area contributed by atoms with Crippen molar-refractivity contribution in [1.29, 1.82) is 0 Å². The van der Waals surface area contributed by atoms with E-state index in [9.17, 15) is 4.79 Å². The van der Waals surface area contributed by atoms with Crippen LogP contribution in [0.2, 0.25) is 0 Å². The number of amides is 1. The van der Waals surface area contributed by atoms with E-state index in [0.717, 1.165) is 35.3 Å². The van der Waals surface area contributed by atoms with Crippen LogP contribution in [0.3, 0.4) is 0 Å². The quantitative estimate of drug-likeness (QED) is 0.689. The first-order valence-electron chi connectivity index (χ1n) is 9.09. The fraction of sp³-hybridized carbons (Fsp3) is 0.333. The van der Waals surface area contributed by atoms with Gasteiger partial charge in [-0.3, -0.25) is 4.79 Å². The zero-order chi connectivity index (χ0) is 18.5. The zero-order valence-electron chi connectivity index (χ0n) is 15.6. The van der Waals surface area contributed by atoms with Gasteiger partial charge in [-0.25, -0.2) is 4.98 Å². The van der Waals surface area contributed by atoms with Gasteiger partial charge in [0.15, 0.2) is 0 Å². The number of imidazole rings is 1. The molecule has 3 rings (SSSR count). The van der Waals surface area contributed by atoms with E-state index in [0.29, 0.717) is 18.0 Å². The van der Waals surface area contributed by atoms with E-state index >= 15 is 0 Å². The van der Waals surface area contributed by atoms with Crippen molar-refractivity contribution in [3.05, 3.63) is 53.9 Å². The Morgan fingerprint density at radius 1 is 1.19 bits per heavy atom. The fourth-order valence-electron chi connectivity index (χ4n) is 2.97. The molecule has 0 saturated heterocycles. The van der Waals surface area contributed by atoms with Crippen molar-refractivity contribution in [3.63, 3.8) is 0 Å². The van der Waals surface area contributed by atoms with Crippen LogP contribution in [0, 0.1) is 6.92 Å². The smallest absolute Gasteiger partial charge is 0.244 e. The van der Waals surface area contributed by atoms with Crippen LogP contribution < -0.4 is 10.1 Å². The maximum atomic E-state index is 12.7. The maximum Gasteiger partial charge on any atom is 0.244 e. The summed E-state index contributed by atoms with van der Waals surface area (Å²) in [6, 6.07) is 13.7. The molecule has 0 radical (unpaired) electrons. The average molecular weight is 351 g/mol. The Morgan fingerprint density at radius 2 is 2.00 bits per heavy atom. The fourth-order valence-corrected chi connectivity index (χ4v) is 2.97. The number of carbonyl (C=O) groups excluding carboxylic acids is 1. The first-order chi connectivity index (χ1) is 12.6. The molecule has 1 N–H and O–H groups in total. The van der Waals surface area contributed by atoms with Gasteiger partial charge in [-0.1, -0.05) is 32.0 Å². The van der Waals surface area contributed by atoms with Gasteiger partial charge in [-0.05, 0) is 43.2 Å². The van der Waals surface area contributed by atoms with E-state index in [1.807, 2.05) is 60.9 Å². The maximum absolute atomic E-state index is 12.7. The van der Waals surface area contributed by atoms with Gasteiger partial charge in [0, 0.05) is 6.42 Å². The molecular weight excluding hydrogens is 326 g/mol. The van der Waals surface area contributed by atoms with Crippen LogP contribution >= 0.6 is 0 Å². The Hall–Kier alpha value is -2.82. The van der Waals surface area contributed by atoms with Crippen molar-refractivity contribution in [1.82, 2.24) is 9.55 Å². The number of ether oxygens (including phenoxy) is 1. The molecule has 5 nitrogen and oxygen atoms in total. The molecule has 0 spiro atoms. The van der Waals surface area contributed by atoms with E-state index in [-0.39, 0.29) is 12.5 Å². The predicted octanol–water partition coefficient (Wildman–Crippen LogP) is 4.33. The van der Waals surface area contributed by atoms with Crippen molar-refractivity contribution in [2.75, 3.05) is 11.9 Å². The topological polar surface area (TPSA) is 56.1 Å². The Labute approximate surface area is 154 Å². The minimum absolute atomic E-state index is 0.0898. The first-order valence-corrected chi connectivity index (χ1v) is 9.09. The van der Waals surface area contributed by atoms with Crippen LogP contribution in [-0.2, 0) is 17.8 Å². The second kappa shape index (κ2) is 8.04. The molecule has 0 saturated carbocycles. The highest BCUT2D eigenvalue weighted by atomic mass is 16.5. The molecule has 0 aliphatic carbocycles. The lowest BCUT2D eigenvalue weighted by atomic mass is 10.2. The summed E-state index contributed by atoms with van der Waals surface area (Å²) in [5.74, 6) is 1.53. The minimum Gasteiger partial charge on any atom is -0.491 e. The number of nitrogens with one attached hydrogen (secondary N) is 1. The number of fused-ring (bicyclic) bond motifs is 1. The molecule has 1 heterocycles. The van der Waals surface area contributed by atoms with Gasteiger partial charge in [-0.15, -0.1) is 0 Å². The number of benzene rings is 2. The van der Waals surface area contributed by atoms with Crippen molar-refractivity contribution in [2.24, 2.45) is 0 Å². The van der Waals surface area contributed by atoms with Gasteiger partial charge in [0.25, 0.3) is 0 Å². The SMILES string of the molecule is CCCOc1cc(C)ccc1NC(=O)Cn1c(CC)nc2ccccc21. The molecule has 0 aliphatic rings. The Bertz CT molecular complexity index is 915. The molecule has 0 fully saturated rings. The van der Waals surface area contributed by atoms with Crippen molar-refractivity contribution >= 4 is 22.6 Å². The summed E-state index contributed by atoms with van der Waals surface area (Å²) in [6.45, 7) is 6.97. The molecule has 0 bridgehead atoms. The Kier molecular flexibility index (Phi) is 5.56. The standard InChI is InChI=1S/C21H25N3O2/c1-4-12-26-19-13-15(3)10-11-17(19)23-21(25)14-24-18-9-7-6-8-16(18)22-20(24)5-2/h6-11,13H,4-5,12,14H2,1-3H3,(H,23,25). The van der Waals surface area contributed by atoms with Gasteiger partial charge in [-0.2, -0.15) is 0 Å². The number of aryl methyl sites for hydroxylation is 2. The van der Waals surface area contributed by atoms with Crippen LogP contribution in [0.15, 0.2) is 42.5 Å². The molecule has 0 unspecified atom stereocenters. The van der Waals surface area contributed by atoms with Gasteiger partial charge in [0.2, 0.25) is 5.91 Å². The third-order valence-electron chi connectivity index (χ3n) is 4.22. The highest BCUT2D eigenvalue weighted by molar-refractivity contribution is 5.93. The number of anilines is 1. The van der Waals surface area contributed by atoms with Crippen LogP contribution in [0.25, 0.3) is 11.0 Å². The number of rotatable bonds is 7. The van der Waals surface area contributed by atoms with Crippen molar-refractivity contribution in [3.8, 4) is 5.75 Å². The second-order valence-electron chi connectivity index (χ2n) is 6.35. The summed E-state index contributed by atoms with van der Waals surface area (Å²) in [7, 11) is 0. The lowest BCUT2D eigenvalue weighted by Crippen LogP contribution is -2.20. The van der Waals surface area contributed by atoms with E-state index < -0.39 is 0 Å². The number of aromatic nitrogens is 2. The normalized spacial score (nSPS) is 10.9. The number of hydrogen-bond donors (Lipinski definition) is 1. The van der Waals surface area contributed by atoms with Gasteiger partial charge in [0.05, 0.1) is 23.3 Å². The summed E-state index contributed by atoms with van der Waals surface area (Å²) in [6.07, 6.45) is 1.69. The van der Waals surface area contributed by atoms with Crippen molar-refractivity contribution < 1.29 is 9.53 Å². The third kappa shape index (κ3) is 3.87. The summed E-state index contributed by atoms with van der Waals surface area (Å²) < 4.78 is 7.76. The molecule has 0 atom stereocenters. The van der Waals surface area contributed by atoms with Crippen molar-refractivity contribution in [2.45, 2.75) is 40.2 Å². The van der Waals surface area contributed by atoms with E-state index in [1.54, 1.807) is 0 Å².